The number of pyridine rings is 1. The van der Waals surface area contributed by atoms with Crippen LogP contribution in [0.15, 0.2) is 30.7 Å². The van der Waals surface area contributed by atoms with Gasteiger partial charge in [-0.15, -0.1) is 0 Å². The highest BCUT2D eigenvalue weighted by Gasteiger charge is 1.99. The van der Waals surface area contributed by atoms with Crippen molar-refractivity contribution in [1.82, 2.24) is 15.0 Å². The molecule has 0 spiro atoms. The zero-order valence-electron chi connectivity index (χ0n) is 9.01. The average Bonchev–Trinajstić information content (AvgIpc) is 2.30. The molecular weight excluding hydrogens is 202 g/mol. The number of hydrogen-bond donors (Lipinski definition) is 2. The van der Waals surface area contributed by atoms with Gasteiger partial charge in [0, 0.05) is 6.20 Å². The molecule has 0 fully saturated rings. The van der Waals surface area contributed by atoms with E-state index in [1.54, 1.807) is 12.4 Å². The van der Waals surface area contributed by atoms with Crippen molar-refractivity contribution in [1.29, 1.82) is 0 Å². The molecule has 0 atom stereocenters. The van der Waals surface area contributed by atoms with Crippen LogP contribution in [0.1, 0.15) is 11.3 Å². The highest BCUT2D eigenvalue weighted by atomic mass is 15.0. The molecule has 2 aromatic heterocycles. The molecule has 0 bridgehead atoms. The maximum atomic E-state index is 5.44. The van der Waals surface area contributed by atoms with Crippen molar-refractivity contribution in [3.8, 4) is 0 Å². The number of rotatable bonds is 3. The van der Waals surface area contributed by atoms with Gasteiger partial charge in [0.1, 0.15) is 11.6 Å². The molecule has 0 saturated carbocycles. The van der Waals surface area contributed by atoms with Crippen LogP contribution in [0, 0.1) is 6.92 Å². The standard InChI is InChI=1S/C11H13N5/c1-8-3-2-4-13-9(8)5-15-11-7-14-10(12)6-16-11/h2-4,6-7H,5H2,1H3,(H2,12,14)(H,15,16). The summed E-state index contributed by atoms with van der Waals surface area (Å²) in [6.45, 7) is 2.66. The SMILES string of the molecule is Cc1cccnc1CNc1cnc(N)cn1. The molecule has 82 valence electrons. The fraction of sp³-hybridized carbons (Fsp3) is 0.182. The van der Waals surface area contributed by atoms with Gasteiger partial charge in [-0.3, -0.25) is 4.98 Å². The summed E-state index contributed by atoms with van der Waals surface area (Å²) in [6, 6.07) is 3.94. The second kappa shape index (κ2) is 4.57. The van der Waals surface area contributed by atoms with Gasteiger partial charge in [-0.1, -0.05) is 6.07 Å². The summed E-state index contributed by atoms with van der Waals surface area (Å²) in [5.41, 5.74) is 7.60. The summed E-state index contributed by atoms with van der Waals surface area (Å²) in [7, 11) is 0. The minimum absolute atomic E-state index is 0.416. The summed E-state index contributed by atoms with van der Waals surface area (Å²) >= 11 is 0. The van der Waals surface area contributed by atoms with Crippen LogP contribution in [0.5, 0.6) is 0 Å². The van der Waals surface area contributed by atoms with Gasteiger partial charge >= 0.3 is 0 Å². The van der Waals surface area contributed by atoms with Crippen molar-refractivity contribution in [3.63, 3.8) is 0 Å². The monoisotopic (exact) mass is 215 g/mol. The minimum Gasteiger partial charge on any atom is -0.382 e. The molecule has 2 rings (SSSR count). The third-order valence-corrected chi connectivity index (χ3v) is 2.23. The lowest BCUT2D eigenvalue weighted by Gasteiger charge is -2.06. The fourth-order valence-electron chi connectivity index (χ4n) is 1.31. The van der Waals surface area contributed by atoms with E-state index < -0.39 is 0 Å². The first-order chi connectivity index (χ1) is 7.75. The third kappa shape index (κ3) is 2.44. The normalized spacial score (nSPS) is 10.1. The van der Waals surface area contributed by atoms with Crippen molar-refractivity contribution >= 4 is 11.6 Å². The van der Waals surface area contributed by atoms with Crippen LogP contribution < -0.4 is 11.1 Å². The molecule has 0 amide bonds. The molecule has 0 saturated heterocycles. The summed E-state index contributed by atoms with van der Waals surface area (Å²) < 4.78 is 0. The second-order valence-electron chi connectivity index (χ2n) is 3.45. The summed E-state index contributed by atoms with van der Waals surface area (Å²) in [5, 5.41) is 3.14. The number of nitrogens with zero attached hydrogens (tertiary/aromatic N) is 3. The Hall–Kier alpha value is -2.17. The van der Waals surface area contributed by atoms with Gasteiger partial charge in [0.2, 0.25) is 0 Å². The van der Waals surface area contributed by atoms with Crippen LogP contribution >= 0.6 is 0 Å². The highest BCUT2D eigenvalue weighted by molar-refractivity contribution is 5.36. The van der Waals surface area contributed by atoms with Crippen molar-refractivity contribution in [2.75, 3.05) is 11.1 Å². The Kier molecular flexibility index (Phi) is 2.95. The van der Waals surface area contributed by atoms with Gasteiger partial charge in [-0.2, -0.15) is 0 Å². The van der Waals surface area contributed by atoms with Crippen LogP contribution in [0.2, 0.25) is 0 Å². The Balaban J connectivity index is 2.02. The third-order valence-electron chi connectivity index (χ3n) is 2.23. The summed E-state index contributed by atoms with van der Waals surface area (Å²) in [6.07, 6.45) is 4.90. The largest absolute Gasteiger partial charge is 0.382 e. The van der Waals surface area contributed by atoms with Crippen molar-refractivity contribution in [2.24, 2.45) is 0 Å². The van der Waals surface area contributed by atoms with Crippen molar-refractivity contribution in [2.45, 2.75) is 13.5 Å². The van der Waals surface area contributed by atoms with Gasteiger partial charge in [0.15, 0.2) is 0 Å². The first kappa shape index (κ1) is 10.4. The zero-order chi connectivity index (χ0) is 11.4. The number of aromatic nitrogens is 3. The molecule has 0 aliphatic heterocycles. The van der Waals surface area contributed by atoms with Crippen molar-refractivity contribution in [3.05, 3.63) is 42.0 Å². The second-order valence-corrected chi connectivity index (χ2v) is 3.45. The van der Waals surface area contributed by atoms with E-state index in [0.29, 0.717) is 18.2 Å². The minimum atomic E-state index is 0.416. The van der Waals surface area contributed by atoms with E-state index >= 15 is 0 Å². The first-order valence-corrected chi connectivity index (χ1v) is 4.97. The van der Waals surface area contributed by atoms with Crippen LogP contribution in [-0.4, -0.2) is 15.0 Å². The van der Waals surface area contributed by atoms with Gasteiger partial charge in [-0.25, -0.2) is 9.97 Å². The Labute approximate surface area is 93.8 Å². The number of nitrogens with one attached hydrogen (secondary N) is 1. The topological polar surface area (TPSA) is 76.7 Å². The molecule has 0 unspecified atom stereocenters. The van der Waals surface area contributed by atoms with Gasteiger partial charge in [0.25, 0.3) is 0 Å². The Morgan fingerprint density at radius 1 is 1.25 bits per heavy atom. The predicted octanol–water partition coefficient (Wildman–Crippen LogP) is 1.37. The fourth-order valence-corrected chi connectivity index (χ4v) is 1.31. The van der Waals surface area contributed by atoms with E-state index in [1.807, 2.05) is 19.1 Å². The van der Waals surface area contributed by atoms with E-state index in [9.17, 15) is 0 Å². The molecule has 2 aromatic rings. The lowest BCUT2D eigenvalue weighted by atomic mass is 10.2. The quantitative estimate of drug-likeness (QED) is 0.808. The highest BCUT2D eigenvalue weighted by Crippen LogP contribution is 2.07. The molecule has 0 aromatic carbocycles. The maximum Gasteiger partial charge on any atom is 0.144 e. The molecule has 3 N–H and O–H groups in total. The number of nitrogens with two attached hydrogens (primary N) is 1. The van der Waals surface area contributed by atoms with E-state index in [-0.39, 0.29) is 0 Å². The Morgan fingerprint density at radius 3 is 2.81 bits per heavy atom. The van der Waals surface area contributed by atoms with E-state index in [0.717, 1.165) is 11.3 Å². The van der Waals surface area contributed by atoms with E-state index in [1.165, 1.54) is 6.20 Å². The molecule has 16 heavy (non-hydrogen) atoms. The molecule has 5 nitrogen and oxygen atoms in total. The number of anilines is 2. The van der Waals surface area contributed by atoms with E-state index in [2.05, 4.69) is 20.3 Å². The van der Waals surface area contributed by atoms with E-state index in [4.69, 9.17) is 5.73 Å². The lowest BCUT2D eigenvalue weighted by molar-refractivity contribution is 1.000. The van der Waals surface area contributed by atoms with Gasteiger partial charge in [0.05, 0.1) is 24.6 Å². The Morgan fingerprint density at radius 2 is 2.12 bits per heavy atom. The maximum absolute atomic E-state index is 5.44. The molecule has 2 heterocycles. The van der Waals surface area contributed by atoms with Crippen LogP contribution in [0.3, 0.4) is 0 Å². The molecule has 0 radical (unpaired) electrons. The summed E-state index contributed by atoms with van der Waals surface area (Å²) in [5.74, 6) is 1.11. The first-order valence-electron chi connectivity index (χ1n) is 4.97. The Bertz CT molecular complexity index is 466. The molecular formula is C11H13N5. The predicted molar refractivity (Wildman–Crippen MR) is 62.7 cm³/mol. The molecule has 5 heteroatoms. The molecule has 0 aliphatic rings. The summed E-state index contributed by atoms with van der Waals surface area (Å²) in [4.78, 5) is 12.3. The van der Waals surface area contributed by atoms with Crippen LogP contribution in [0.4, 0.5) is 11.6 Å². The van der Waals surface area contributed by atoms with Crippen molar-refractivity contribution < 1.29 is 0 Å². The lowest BCUT2D eigenvalue weighted by Crippen LogP contribution is -2.05. The number of hydrogen-bond acceptors (Lipinski definition) is 5. The van der Waals surface area contributed by atoms with Gasteiger partial charge in [-0.05, 0) is 18.6 Å². The molecule has 0 aliphatic carbocycles. The zero-order valence-corrected chi connectivity index (χ0v) is 9.01. The average molecular weight is 215 g/mol. The smallest absolute Gasteiger partial charge is 0.144 e. The number of aryl methyl sites for hydroxylation is 1. The van der Waals surface area contributed by atoms with Crippen LogP contribution in [-0.2, 0) is 6.54 Å². The van der Waals surface area contributed by atoms with Crippen LogP contribution in [0.25, 0.3) is 0 Å². The van der Waals surface area contributed by atoms with Gasteiger partial charge < -0.3 is 11.1 Å². The number of nitrogen functional groups attached to an aromatic ring is 1.